The summed E-state index contributed by atoms with van der Waals surface area (Å²) in [5, 5.41) is 0. The second-order valence-corrected chi connectivity index (χ2v) is 4.87. The Hall–Kier alpha value is -0.300. The van der Waals surface area contributed by atoms with Gasteiger partial charge in [0.1, 0.15) is 0 Å². The van der Waals surface area contributed by atoms with Gasteiger partial charge >= 0.3 is 0 Å². The van der Waals surface area contributed by atoms with E-state index in [1.807, 2.05) is 0 Å². The molecule has 0 saturated heterocycles. The molecule has 0 heterocycles. The molecule has 1 aromatic carbocycles. The average molecular weight is 227 g/mol. The lowest BCUT2D eigenvalue weighted by atomic mass is 10.1. The quantitative estimate of drug-likeness (QED) is 0.690. The number of hydrogen-bond donors (Lipinski definition) is 0. The van der Waals surface area contributed by atoms with E-state index in [1.54, 1.807) is 0 Å². The summed E-state index contributed by atoms with van der Waals surface area (Å²) in [7, 11) is 0. The van der Waals surface area contributed by atoms with Crippen molar-refractivity contribution in [2.75, 3.05) is 0 Å². The first kappa shape index (κ1) is 9.79. The molecule has 0 aliphatic rings. The fourth-order valence-electron chi connectivity index (χ4n) is 1.12. The fraction of sp³-hybridized carbons (Fsp3) is 0.455. The Balaban J connectivity index is 2.48. The van der Waals surface area contributed by atoms with Gasteiger partial charge in [0, 0.05) is 4.83 Å². The SMILES string of the molecule is Cc1ccc(CCC(C)Br)cc1. The van der Waals surface area contributed by atoms with Crippen molar-refractivity contribution in [3.05, 3.63) is 35.4 Å². The lowest BCUT2D eigenvalue weighted by Gasteiger charge is -2.03. The molecule has 0 aliphatic heterocycles. The van der Waals surface area contributed by atoms with Gasteiger partial charge in [-0.25, -0.2) is 0 Å². The van der Waals surface area contributed by atoms with Crippen LogP contribution in [-0.4, -0.2) is 4.83 Å². The van der Waals surface area contributed by atoms with Crippen LogP contribution in [0, 0.1) is 6.92 Å². The zero-order valence-electron chi connectivity index (χ0n) is 7.68. The molecule has 0 nitrogen and oxygen atoms in total. The van der Waals surface area contributed by atoms with E-state index in [9.17, 15) is 0 Å². The summed E-state index contributed by atoms with van der Waals surface area (Å²) in [5.74, 6) is 0. The van der Waals surface area contributed by atoms with Crippen LogP contribution in [-0.2, 0) is 6.42 Å². The van der Waals surface area contributed by atoms with Crippen LogP contribution in [0.15, 0.2) is 24.3 Å². The molecular formula is C11H15Br. The van der Waals surface area contributed by atoms with E-state index in [4.69, 9.17) is 0 Å². The van der Waals surface area contributed by atoms with Crippen molar-refractivity contribution in [1.29, 1.82) is 0 Å². The first-order chi connectivity index (χ1) is 5.68. The zero-order valence-corrected chi connectivity index (χ0v) is 9.26. The third-order valence-electron chi connectivity index (χ3n) is 1.95. The largest absolute Gasteiger partial charge is 0.0894 e. The summed E-state index contributed by atoms with van der Waals surface area (Å²) in [6.45, 7) is 4.31. The first-order valence-corrected chi connectivity index (χ1v) is 5.29. The monoisotopic (exact) mass is 226 g/mol. The van der Waals surface area contributed by atoms with Crippen molar-refractivity contribution in [3.63, 3.8) is 0 Å². The molecule has 0 radical (unpaired) electrons. The second kappa shape index (κ2) is 4.66. The van der Waals surface area contributed by atoms with Crippen LogP contribution in [0.2, 0.25) is 0 Å². The number of rotatable bonds is 3. The fourth-order valence-corrected chi connectivity index (χ4v) is 1.35. The summed E-state index contributed by atoms with van der Waals surface area (Å²) in [5.41, 5.74) is 2.78. The maximum absolute atomic E-state index is 3.55. The zero-order chi connectivity index (χ0) is 8.97. The van der Waals surface area contributed by atoms with E-state index in [2.05, 4.69) is 54.0 Å². The third kappa shape index (κ3) is 3.40. The van der Waals surface area contributed by atoms with Gasteiger partial charge in [-0.2, -0.15) is 0 Å². The molecule has 0 aromatic heterocycles. The minimum atomic E-state index is 0.624. The Bertz CT molecular complexity index is 223. The first-order valence-electron chi connectivity index (χ1n) is 4.38. The van der Waals surface area contributed by atoms with Crippen molar-refractivity contribution >= 4 is 15.9 Å². The topological polar surface area (TPSA) is 0 Å². The molecular weight excluding hydrogens is 212 g/mol. The molecule has 66 valence electrons. The summed E-state index contributed by atoms with van der Waals surface area (Å²) in [6, 6.07) is 8.78. The number of alkyl halides is 1. The van der Waals surface area contributed by atoms with Crippen molar-refractivity contribution < 1.29 is 0 Å². The van der Waals surface area contributed by atoms with Crippen LogP contribution in [0.5, 0.6) is 0 Å². The van der Waals surface area contributed by atoms with Crippen molar-refractivity contribution in [1.82, 2.24) is 0 Å². The third-order valence-corrected chi connectivity index (χ3v) is 2.41. The van der Waals surface area contributed by atoms with E-state index in [1.165, 1.54) is 24.0 Å². The van der Waals surface area contributed by atoms with Gasteiger partial charge in [0.2, 0.25) is 0 Å². The van der Waals surface area contributed by atoms with Gasteiger partial charge in [0.25, 0.3) is 0 Å². The van der Waals surface area contributed by atoms with Gasteiger partial charge in [-0.05, 0) is 25.3 Å². The molecule has 0 aliphatic carbocycles. The number of benzene rings is 1. The van der Waals surface area contributed by atoms with E-state index < -0.39 is 0 Å². The van der Waals surface area contributed by atoms with E-state index >= 15 is 0 Å². The Morgan fingerprint density at radius 1 is 1.25 bits per heavy atom. The van der Waals surface area contributed by atoms with Gasteiger partial charge in [0.05, 0.1) is 0 Å². The van der Waals surface area contributed by atoms with E-state index in [0.717, 1.165) is 0 Å². The molecule has 0 spiro atoms. The molecule has 1 unspecified atom stereocenters. The molecule has 12 heavy (non-hydrogen) atoms. The summed E-state index contributed by atoms with van der Waals surface area (Å²) >= 11 is 3.55. The van der Waals surface area contributed by atoms with Crippen LogP contribution in [0.3, 0.4) is 0 Å². The van der Waals surface area contributed by atoms with Crippen LogP contribution in [0.1, 0.15) is 24.5 Å². The predicted molar refractivity (Wildman–Crippen MR) is 57.9 cm³/mol. The Labute approximate surface area is 83.1 Å². The lowest BCUT2D eigenvalue weighted by Crippen LogP contribution is -1.93. The summed E-state index contributed by atoms with van der Waals surface area (Å²) in [6.07, 6.45) is 2.38. The van der Waals surface area contributed by atoms with E-state index in [0.29, 0.717) is 4.83 Å². The molecule has 1 aromatic rings. The maximum Gasteiger partial charge on any atom is 0.0120 e. The van der Waals surface area contributed by atoms with Gasteiger partial charge in [-0.1, -0.05) is 52.7 Å². The molecule has 0 amide bonds. The Morgan fingerprint density at radius 2 is 1.83 bits per heavy atom. The van der Waals surface area contributed by atoms with Gasteiger partial charge < -0.3 is 0 Å². The number of halogens is 1. The van der Waals surface area contributed by atoms with Gasteiger partial charge in [-0.15, -0.1) is 0 Å². The second-order valence-electron chi connectivity index (χ2n) is 3.31. The Kier molecular flexibility index (Phi) is 3.80. The van der Waals surface area contributed by atoms with Gasteiger partial charge in [0.15, 0.2) is 0 Å². The molecule has 0 bridgehead atoms. The standard InChI is InChI=1S/C11H15Br/c1-9-3-6-11(7-4-9)8-5-10(2)12/h3-4,6-7,10H,5,8H2,1-2H3. The summed E-state index contributed by atoms with van der Waals surface area (Å²) in [4.78, 5) is 0.624. The van der Waals surface area contributed by atoms with Gasteiger partial charge in [-0.3, -0.25) is 0 Å². The lowest BCUT2D eigenvalue weighted by molar-refractivity contribution is 0.822. The van der Waals surface area contributed by atoms with Crippen molar-refractivity contribution in [2.45, 2.75) is 31.5 Å². The minimum absolute atomic E-state index is 0.624. The van der Waals surface area contributed by atoms with Crippen LogP contribution in [0.25, 0.3) is 0 Å². The predicted octanol–water partition coefficient (Wildman–Crippen LogP) is 3.71. The Morgan fingerprint density at radius 3 is 2.33 bits per heavy atom. The molecule has 0 fully saturated rings. The van der Waals surface area contributed by atoms with Crippen LogP contribution >= 0.6 is 15.9 Å². The maximum atomic E-state index is 3.55. The molecule has 0 N–H and O–H groups in total. The van der Waals surface area contributed by atoms with E-state index in [-0.39, 0.29) is 0 Å². The highest BCUT2D eigenvalue weighted by atomic mass is 79.9. The molecule has 1 atom stereocenters. The van der Waals surface area contributed by atoms with Crippen LogP contribution < -0.4 is 0 Å². The minimum Gasteiger partial charge on any atom is -0.0894 e. The number of aryl methyl sites for hydroxylation is 2. The normalized spacial score (nSPS) is 12.9. The number of hydrogen-bond acceptors (Lipinski definition) is 0. The highest BCUT2D eigenvalue weighted by Gasteiger charge is 1.96. The average Bonchev–Trinajstić information content (AvgIpc) is 2.03. The smallest absolute Gasteiger partial charge is 0.0120 e. The highest BCUT2D eigenvalue weighted by Crippen LogP contribution is 2.10. The van der Waals surface area contributed by atoms with Crippen molar-refractivity contribution in [2.24, 2.45) is 0 Å². The highest BCUT2D eigenvalue weighted by molar-refractivity contribution is 9.09. The molecule has 1 heteroatoms. The van der Waals surface area contributed by atoms with Crippen molar-refractivity contribution in [3.8, 4) is 0 Å². The van der Waals surface area contributed by atoms with Crippen LogP contribution in [0.4, 0.5) is 0 Å². The molecule has 1 rings (SSSR count). The molecule has 0 saturated carbocycles. The summed E-state index contributed by atoms with van der Waals surface area (Å²) < 4.78 is 0.